The molecule has 5 rings (SSSR count). The molecule has 0 radical (unpaired) electrons. The molecule has 1 aliphatic rings. The number of halogens is 1. The molecule has 2 heterocycles. The number of amides is 1. The lowest BCUT2D eigenvalue weighted by Gasteiger charge is -2.27. The smallest absolute Gasteiger partial charge is 0.229 e. The molecule has 0 unspecified atom stereocenters. The third-order valence-electron chi connectivity index (χ3n) is 5.70. The van der Waals surface area contributed by atoms with Gasteiger partial charge in [-0.15, -0.1) is 0 Å². The fourth-order valence-electron chi connectivity index (χ4n) is 4.24. The molecule has 0 bridgehead atoms. The minimum absolute atomic E-state index is 0.0226. The number of hydrogen-bond donors (Lipinski definition) is 1. The summed E-state index contributed by atoms with van der Waals surface area (Å²) >= 11 is 0. The maximum Gasteiger partial charge on any atom is 0.229 e. The van der Waals surface area contributed by atoms with Crippen molar-refractivity contribution in [2.45, 2.75) is 18.5 Å². The Morgan fingerprint density at radius 3 is 2.61 bits per heavy atom. The van der Waals surface area contributed by atoms with E-state index in [9.17, 15) is 9.18 Å². The largest absolute Gasteiger partial charge is 0.497 e. The molecule has 2 N–H and O–H groups in total. The molecule has 156 valence electrons. The molecule has 3 aromatic carbocycles. The molecular formula is C24H21FN4O2. The highest BCUT2D eigenvalue weighted by atomic mass is 19.1. The van der Waals surface area contributed by atoms with E-state index in [0.29, 0.717) is 0 Å². The lowest BCUT2D eigenvalue weighted by atomic mass is 10.00. The van der Waals surface area contributed by atoms with Gasteiger partial charge in [-0.3, -0.25) is 4.79 Å². The van der Waals surface area contributed by atoms with E-state index in [0.717, 1.165) is 33.6 Å². The number of hydrogen-bond acceptors (Lipinski definition) is 4. The lowest BCUT2D eigenvalue weighted by molar-refractivity contribution is -0.117. The van der Waals surface area contributed by atoms with Crippen LogP contribution in [0.25, 0.3) is 16.6 Å². The highest BCUT2D eigenvalue weighted by Crippen LogP contribution is 2.38. The first-order chi connectivity index (χ1) is 15.0. The van der Waals surface area contributed by atoms with Crippen LogP contribution in [0, 0.1) is 5.82 Å². The molecule has 1 saturated heterocycles. The van der Waals surface area contributed by atoms with Crippen molar-refractivity contribution in [1.82, 2.24) is 9.78 Å². The van der Waals surface area contributed by atoms with Crippen LogP contribution in [-0.2, 0) is 4.79 Å². The molecule has 4 aromatic rings. The zero-order chi connectivity index (χ0) is 21.5. The van der Waals surface area contributed by atoms with Crippen LogP contribution in [0.4, 0.5) is 10.1 Å². The van der Waals surface area contributed by atoms with E-state index in [1.54, 1.807) is 35.0 Å². The van der Waals surface area contributed by atoms with Crippen molar-refractivity contribution in [3.63, 3.8) is 0 Å². The standard InChI is InChI=1S/C24H21FN4O2/c1-31-20-4-2-3-15(12-20)24-21(26)13-23(30)28(24)19-9-10-22-16(11-19)14-27-29(22)18-7-5-17(25)6-8-18/h2-12,14,21,24H,13,26H2,1H3/t21-,24+/m0/s1. The lowest BCUT2D eigenvalue weighted by Crippen LogP contribution is -2.33. The quantitative estimate of drug-likeness (QED) is 0.546. The summed E-state index contributed by atoms with van der Waals surface area (Å²) in [5.74, 6) is 0.403. The number of carbonyl (C=O) groups is 1. The molecule has 1 aliphatic heterocycles. The second kappa shape index (κ2) is 7.52. The number of benzene rings is 3. The summed E-state index contributed by atoms with van der Waals surface area (Å²) in [6.07, 6.45) is 2.01. The number of ether oxygens (including phenoxy) is 1. The zero-order valence-electron chi connectivity index (χ0n) is 16.9. The number of nitrogens with zero attached hydrogens (tertiary/aromatic N) is 3. The molecule has 0 saturated carbocycles. The monoisotopic (exact) mass is 416 g/mol. The minimum Gasteiger partial charge on any atom is -0.497 e. The van der Waals surface area contributed by atoms with Gasteiger partial charge in [0, 0.05) is 23.5 Å². The Morgan fingerprint density at radius 1 is 1.06 bits per heavy atom. The number of methoxy groups -OCH3 is 1. The Labute approximate surface area is 178 Å². The van der Waals surface area contributed by atoms with Gasteiger partial charge in [-0.05, 0) is 60.2 Å². The first kappa shape index (κ1) is 19.3. The molecule has 0 aliphatic carbocycles. The van der Waals surface area contributed by atoms with E-state index in [-0.39, 0.29) is 30.2 Å². The topological polar surface area (TPSA) is 73.4 Å². The van der Waals surface area contributed by atoms with E-state index >= 15 is 0 Å². The van der Waals surface area contributed by atoms with Crippen molar-refractivity contribution in [2.24, 2.45) is 5.73 Å². The molecular weight excluding hydrogens is 395 g/mol. The summed E-state index contributed by atoms with van der Waals surface area (Å²) in [6.45, 7) is 0. The number of anilines is 1. The summed E-state index contributed by atoms with van der Waals surface area (Å²) in [6, 6.07) is 19.0. The fourth-order valence-corrected chi connectivity index (χ4v) is 4.24. The highest BCUT2D eigenvalue weighted by Gasteiger charge is 2.39. The number of rotatable bonds is 4. The summed E-state index contributed by atoms with van der Waals surface area (Å²) in [5.41, 5.74) is 9.69. The second-order valence-electron chi connectivity index (χ2n) is 7.63. The Balaban J connectivity index is 1.55. The predicted octanol–water partition coefficient (Wildman–Crippen LogP) is 3.98. The molecule has 7 heteroatoms. The van der Waals surface area contributed by atoms with Gasteiger partial charge in [0.2, 0.25) is 5.91 Å². The molecule has 1 fully saturated rings. The first-order valence-corrected chi connectivity index (χ1v) is 10.0. The molecule has 2 atom stereocenters. The summed E-state index contributed by atoms with van der Waals surface area (Å²) in [7, 11) is 1.61. The third-order valence-corrected chi connectivity index (χ3v) is 5.70. The van der Waals surface area contributed by atoms with Gasteiger partial charge >= 0.3 is 0 Å². The van der Waals surface area contributed by atoms with E-state index in [2.05, 4.69) is 5.10 Å². The second-order valence-corrected chi connectivity index (χ2v) is 7.63. The Bertz CT molecular complexity index is 1270. The van der Waals surface area contributed by atoms with Crippen molar-refractivity contribution >= 4 is 22.5 Å². The van der Waals surface area contributed by atoms with Crippen LogP contribution in [0.15, 0.2) is 72.9 Å². The summed E-state index contributed by atoms with van der Waals surface area (Å²) in [5, 5.41) is 5.32. The normalized spacial score (nSPS) is 18.7. The fraction of sp³-hybridized carbons (Fsp3) is 0.167. The van der Waals surface area contributed by atoms with Gasteiger partial charge in [-0.25, -0.2) is 9.07 Å². The van der Waals surface area contributed by atoms with Crippen molar-refractivity contribution in [2.75, 3.05) is 12.0 Å². The molecule has 6 nitrogen and oxygen atoms in total. The van der Waals surface area contributed by atoms with Crippen molar-refractivity contribution < 1.29 is 13.9 Å². The van der Waals surface area contributed by atoms with Gasteiger partial charge in [-0.1, -0.05) is 12.1 Å². The Hall–Kier alpha value is -3.71. The predicted molar refractivity (Wildman–Crippen MR) is 117 cm³/mol. The Morgan fingerprint density at radius 2 is 1.84 bits per heavy atom. The average Bonchev–Trinajstić information content (AvgIpc) is 3.33. The van der Waals surface area contributed by atoms with Crippen LogP contribution in [0.2, 0.25) is 0 Å². The van der Waals surface area contributed by atoms with Gasteiger partial charge in [0.15, 0.2) is 0 Å². The first-order valence-electron chi connectivity index (χ1n) is 10.0. The van der Waals surface area contributed by atoms with E-state index in [4.69, 9.17) is 10.5 Å². The van der Waals surface area contributed by atoms with E-state index in [1.165, 1.54) is 12.1 Å². The number of carbonyl (C=O) groups excluding carboxylic acids is 1. The molecule has 0 spiro atoms. The van der Waals surface area contributed by atoms with Gasteiger partial charge in [0.25, 0.3) is 0 Å². The van der Waals surface area contributed by atoms with Crippen LogP contribution in [0.1, 0.15) is 18.0 Å². The Kier molecular flexibility index (Phi) is 4.67. The van der Waals surface area contributed by atoms with Crippen LogP contribution < -0.4 is 15.4 Å². The molecule has 1 amide bonds. The summed E-state index contributed by atoms with van der Waals surface area (Å²) < 4.78 is 20.4. The van der Waals surface area contributed by atoms with Crippen LogP contribution in [0.5, 0.6) is 5.75 Å². The van der Waals surface area contributed by atoms with Gasteiger partial charge in [-0.2, -0.15) is 5.10 Å². The minimum atomic E-state index is -0.322. The van der Waals surface area contributed by atoms with E-state index < -0.39 is 0 Å². The third kappa shape index (κ3) is 3.33. The average molecular weight is 416 g/mol. The zero-order valence-corrected chi connectivity index (χ0v) is 16.9. The van der Waals surface area contributed by atoms with Crippen molar-refractivity contribution in [1.29, 1.82) is 0 Å². The van der Waals surface area contributed by atoms with Crippen LogP contribution in [0.3, 0.4) is 0 Å². The summed E-state index contributed by atoms with van der Waals surface area (Å²) in [4.78, 5) is 14.6. The van der Waals surface area contributed by atoms with Gasteiger partial charge in [0.1, 0.15) is 11.6 Å². The van der Waals surface area contributed by atoms with Crippen molar-refractivity contribution in [3.8, 4) is 11.4 Å². The van der Waals surface area contributed by atoms with Crippen molar-refractivity contribution in [3.05, 3.63) is 84.3 Å². The molecule has 1 aromatic heterocycles. The number of nitrogens with two attached hydrogens (primary N) is 1. The molecule has 31 heavy (non-hydrogen) atoms. The maximum atomic E-state index is 13.3. The van der Waals surface area contributed by atoms with Crippen LogP contribution in [-0.4, -0.2) is 28.8 Å². The number of fused-ring (bicyclic) bond motifs is 1. The van der Waals surface area contributed by atoms with Gasteiger partial charge < -0.3 is 15.4 Å². The maximum absolute atomic E-state index is 13.3. The van der Waals surface area contributed by atoms with Gasteiger partial charge in [0.05, 0.1) is 30.6 Å². The number of aromatic nitrogens is 2. The van der Waals surface area contributed by atoms with E-state index in [1.807, 2.05) is 42.5 Å². The van der Waals surface area contributed by atoms with Crippen LogP contribution >= 0.6 is 0 Å². The SMILES string of the molecule is COc1cccc([C@@H]2[C@@H](N)CC(=O)N2c2ccc3c(cnn3-c3ccc(F)cc3)c2)c1. The highest BCUT2D eigenvalue weighted by molar-refractivity contribution is 5.99.